The van der Waals surface area contributed by atoms with E-state index in [9.17, 15) is 0 Å². The highest BCUT2D eigenvalue weighted by atomic mass is 16.5. The first-order valence-corrected chi connectivity index (χ1v) is 6.49. The number of hydrogen-bond donors (Lipinski definition) is 1. The highest BCUT2D eigenvalue weighted by Crippen LogP contribution is 2.34. The first-order valence-electron chi connectivity index (χ1n) is 6.49. The number of nitrogens with one attached hydrogen (secondary N) is 1. The van der Waals surface area contributed by atoms with Gasteiger partial charge in [-0.05, 0) is 19.2 Å². The van der Waals surface area contributed by atoms with Gasteiger partial charge in [0.15, 0.2) is 0 Å². The molecule has 21 heavy (non-hydrogen) atoms. The van der Waals surface area contributed by atoms with Crippen LogP contribution in [0, 0.1) is 0 Å². The first-order chi connectivity index (χ1) is 10.2. The van der Waals surface area contributed by atoms with Crippen molar-refractivity contribution in [3.05, 3.63) is 41.9 Å². The number of methoxy groups -OCH3 is 3. The Morgan fingerprint density at radius 3 is 2.38 bits per heavy atom. The van der Waals surface area contributed by atoms with Crippen LogP contribution in [0.25, 0.3) is 0 Å². The van der Waals surface area contributed by atoms with E-state index in [1.54, 1.807) is 33.7 Å². The number of nitrogens with zero attached hydrogens (tertiary/aromatic N) is 2. The third kappa shape index (κ3) is 3.05. The largest absolute Gasteiger partial charge is 0.497 e. The molecule has 1 N–H and O–H groups in total. The van der Waals surface area contributed by atoms with E-state index >= 15 is 0 Å². The normalized spacial score (nSPS) is 11.8. The van der Waals surface area contributed by atoms with Gasteiger partial charge in [0.2, 0.25) is 5.88 Å². The van der Waals surface area contributed by atoms with Gasteiger partial charge in [-0.25, -0.2) is 4.98 Å². The molecule has 0 saturated heterocycles. The lowest BCUT2D eigenvalue weighted by molar-refractivity contribution is 0.376. The smallest absolute Gasteiger partial charge is 0.237 e. The summed E-state index contributed by atoms with van der Waals surface area (Å²) >= 11 is 0. The Morgan fingerprint density at radius 1 is 1.00 bits per heavy atom. The van der Waals surface area contributed by atoms with E-state index in [1.165, 1.54) is 0 Å². The van der Waals surface area contributed by atoms with E-state index in [4.69, 9.17) is 14.2 Å². The van der Waals surface area contributed by atoms with Crippen molar-refractivity contribution >= 4 is 0 Å². The number of benzene rings is 1. The van der Waals surface area contributed by atoms with Crippen molar-refractivity contribution in [3.8, 4) is 17.4 Å². The maximum Gasteiger partial charge on any atom is 0.237 e. The summed E-state index contributed by atoms with van der Waals surface area (Å²) in [5.74, 6) is 1.92. The molecule has 1 heterocycles. The molecule has 1 aromatic heterocycles. The summed E-state index contributed by atoms with van der Waals surface area (Å²) in [6, 6.07) is 5.45. The zero-order valence-corrected chi connectivity index (χ0v) is 12.6. The predicted octanol–water partition coefficient (Wildman–Crippen LogP) is 1.81. The van der Waals surface area contributed by atoms with E-state index in [-0.39, 0.29) is 6.04 Å². The van der Waals surface area contributed by atoms with Crippen LogP contribution in [0.2, 0.25) is 0 Å². The number of hydrogen-bond acceptors (Lipinski definition) is 6. The second-order valence-electron chi connectivity index (χ2n) is 4.28. The predicted molar refractivity (Wildman–Crippen MR) is 79.0 cm³/mol. The van der Waals surface area contributed by atoms with Crippen LogP contribution in [0.4, 0.5) is 0 Å². The molecule has 0 aliphatic heterocycles. The summed E-state index contributed by atoms with van der Waals surface area (Å²) in [5.41, 5.74) is 1.63. The monoisotopic (exact) mass is 289 g/mol. The molecule has 0 bridgehead atoms. The molecule has 1 aromatic carbocycles. The Labute approximate surface area is 124 Å². The maximum absolute atomic E-state index is 5.46. The van der Waals surface area contributed by atoms with E-state index in [2.05, 4.69) is 15.3 Å². The van der Waals surface area contributed by atoms with Gasteiger partial charge in [0.05, 0.1) is 27.4 Å². The van der Waals surface area contributed by atoms with Crippen molar-refractivity contribution in [2.24, 2.45) is 0 Å². The maximum atomic E-state index is 5.46. The fourth-order valence-corrected chi connectivity index (χ4v) is 2.19. The number of ether oxygens (including phenoxy) is 3. The lowest BCUT2D eigenvalue weighted by Crippen LogP contribution is -2.20. The van der Waals surface area contributed by atoms with Gasteiger partial charge in [-0.3, -0.25) is 4.98 Å². The topological polar surface area (TPSA) is 65.5 Å². The lowest BCUT2D eigenvalue weighted by Gasteiger charge is -2.20. The van der Waals surface area contributed by atoms with Gasteiger partial charge >= 0.3 is 0 Å². The zero-order valence-electron chi connectivity index (χ0n) is 12.6. The highest BCUT2D eigenvalue weighted by molar-refractivity contribution is 5.46. The van der Waals surface area contributed by atoms with Crippen LogP contribution < -0.4 is 19.5 Å². The molecule has 6 nitrogen and oxygen atoms in total. The molecule has 2 aromatic rings. The SMILES string of the molecule is CNC(c1ccc(OC)cc1OC)c1nccnc1OC. The number of rotatable bonds is 6. The van der Waals surface area contributed by atoms with Crippen LogP contribution >= 0.6 is 0 Å². The first kappa shape index (κ1) is 15.1. The molecule has 0 spiro atoms. The third-order valence-corrected chi connectivity index (χ3v) is 3.20. The molecule has 2 rings (SSSR count). The molecule has 6 heteroatoms. The van der Waals surface area contributed by atoms with E-state index in [1.807, 2.05) is 25.2 Å². The summed E-state index contributed by atoms with van der Waals surface area (Å²) in [6.07, 6.45) is 3.23. The Kier molecular flexibility index (Phi) is 4.94. The van der Waals surface area contributed by atoms with Crippen LogP contribution in [0.15, 0.2) is 30.6 Å². The highest BCUT2D eigenvalue weighted by Gasteiger charge is 2.22. The van der Waals surface area contributed by atoms with Gasteiger partial charge in [0.25, 0.3) is 0 Å². The summed E-state index contributed by atoms with van der Waals surface area (Å²) in [6.45, 7) is 0. The summed E-state index contributed by atoms with van der Waals surface area (Å²) in [5, 5.41) is 3.22. The van der Waals surface area contributed by atoms with Crippen LogP contribution in [0.5, 0.6) is 17.4 Å². The molecule has 0 aliphatic rings. The van der Waals surface area contributed by atoms with Crippen molar-refractivity contribution in [2.45, 2.75) is 6.04 Å². The second kappa shape index (κ2) is 6.90. The van der Waals surface area contributed by atoms with Crippen LogP contribution in [0.3, 0.4) is 0 Å². The summed E-state index contributed by atoms with van der Waals surface area (Å²) < 4.78 is 16.0. The van der Waals surface area contributed by atoms with E-state index in [0.29, 0.717) is 17.3 Å². The van der Waals surface area contributed by atoms with Crippen molar-refractivity contribution in [2.75, 3.05) is 28.4 Å². The van der Waals surface area contributed by atoms with Gasteiger partial charge in [-0.2, -0.15) is 0 Å². The molecule has 1 atom stereocenters. The Morgan fingerprint density at radius 2 is 1.76 bits per heavy atom. The van der Waals surface area contributed by atoms with Gasteiger partial charge in [-0.15, -0.1) is 0 Å². The summed E-state index contributed by atoms with van der Waals surface area (Å²) in [4.78, 5) is 8.57. The molecular formula is C15H19N3O3. The summed E-state index contributed by atoms with van der Waals surface area (Å²) in [7, 11) is 6.67. The molecule has 0 amide bonds. The van der Waals surface area contributed by atoms with E-state index in [0.717, 1.165) is 11.3 Å². The minimum atomic E-state index is -0.200. The van der Waals surface area contributed by atoms with E-state index < -0.39 is 0 Å². The number of aromatic nitrogens is 2. The molecule has 0 aliphatic carbocycles. The molecule has 0 saturated carbocycles. The van der Waals surface area contributed by atoms with Crippen LogP contribution in [-0.4, -0.2) is 38.3 Å². The fraction of sp³-hybridized carbons (Fsp3) is 0.333. The zero-order chi connectivity index (χ0) is 15.2. The lowest BCUT2D eigenvalue weighted by atomic mass is 10.0. The molecule has 0 radical (unpaired) electrons. The fourth-order valence-electron chi connectivity index (χ4n) is 2.19. The third-order valence-electron chi connectivity index (χ3n) is 3.20. The van der Waals surface area contributed by atoms with Crippen molar-refractivity contribution in [1.82, 2.24) is 15.3 Å². The van der Waals surface area contributed by atoms with Gasteiger partial charge in [-0.1, -0.05) is 0 Å². The van der Waals surface area contributed by atoms with Crippen molar-refractivity contribution < 1.29 is 14.2 Å². The van der Waals surface area contributed by atoms with Crippen LogP contribution in [-0.2, 0) is 0 Å². The minimum Gasteiger partial charge on any atom is -0.497 e. The van der Waals surface area contributed by atoms with Gasteiger partial charge in [0, 0.05) is 24.0 Å². The molecular weight excluding hydrogens is 270 g/mol. The van der Waals surface area contributed by atoms with Crippen LogP contribution in [0.1, 0.15) is 17.3 Å². The molecule has 112 valence electrons. The average molecular weight is 289 g/mol. The Hall–Kier alpha value is -2.34. The standard InChI is InChI=1S/C15H19N3O3/c1-16-13(14-15(21-4)18-8-7-17-14)11-6-5-10(19-2)9-12(11)20-3/h5-9,13,16H,1-4H3. The second-order valence-corrected chi connectivity index (χ2v) is 4.28. The minimum absolute atomic E-state index is 0.200. The van der Waals surface area contributed by atoms with Gasteiger partial charge < -0.3 is 19.5 Å². The average Bonchev–Trinajstić information content (AvgIpc) is 2.56. The van der Waals surface area contributed by atoms with Gasteiger partial charge in [0.1, 0.15) is 17.2 Å². The van der Waals surface area contributed by atoms with Crippen molar-refractivity contribution in [1.29, 1.82) is 0 Å². The van der Waals surface area contributed by atoms with Crippen molar-refractivity contribution in [3.63, 3.8) is 0 Å². The Balaban J connectivity index is 2.51. The quantitative estimate of drug-likeness (QED) is 0.875. The Bertz CT molecular complexity index is 604. The molecule has 0 fully saturated rings. The molecule has 1 unspecified atom stereocenters.